The maximum Gasteiger partial charge on any atom is 0.212 e. The molecule has 0 aromatic carbocycles. The van der Waals surface area contributed by atoms with Crippen LogP contribution < -0.4 is 10.5 Å². The number of imidazole rings is 1. The van der Waals surface area contributed by atoms with Crippen molar-refractivity contribution in [2.45, 2.75) is 19.8 Å². The lowest BCUT2D eigenvalue weighted by Crippen LogP contribution is -2.01. The summed E-state index contributed by atoms with van der Waals surface area (Å²) in [5.74, 6) is 2.26. The third kappa shape index (κ3) is 2.16. The van der Waals surface area contributed by atoms with E-state index in [2.05, 4.69) is 16.9 Å². The van der Waals surface area contributed by atoms with Crippen molar-refractivity contribution in [3.63, 3.8) is 0 Å². The van der Waals surface area contributed by atoms with Gasteiger partial charge >= 0.3 is 0 Å². The number of hydrogen-bond acceptors (Lipinski definition) is 4. The summed E-state index contributed by atoms with van der Waals surface area (Å²) in [4.78, 5) is 8.75. The van der Waals surface area contributed by atoms with E-state index < -0.39 is 0 Å². The first-order chi connectivity index (χ1) is 8.67. The van der Waals surface area contributed by atoms with Gasteiger partial charge in [0.2, 0.25) is 5.88 Å². The van der Waals surface area contributed by atoms with Crippen molar-refractivity contribution in [3.05, 3.63) is 24.2 Å². The lowest BCUT2D eigenvalue weighted by Gasteiger charge is -2.02. The van der Waals surface area contributed by atoms with Gasteiger partial charge in [-0.05, 0) is 12.5 Å². The molecule has 0 unspecified atom stereocenters. The number of methoxy groups -OCH3 is 1. The molecule has 0 aliphatic rings. The third-order valence-corrected chi connectivity index (χ3v) is 2.92. The van der Waals surface area contributed by atoms with Crippen molar-refractivity contribution in [3.8, 4) is 17.1 Å². The zero-order valence-electron chi connectivity index (χ0n) is 11.0. The summed E-state index contributed by atoms with van der Waals surface area (Å²) in [5.41, 5.74) is 7.77. The van der Waals surface area contributed by atoms with Crippen LogP contribution in [0.2, 0.25) is 0 Å². The van der Waals surface area contributed by atoms with E-state index >= 15 is 0 Å². The largest absolute Gasteiger partial charge is 0.481 e. The Morgan fingerprint density at radius 3 is 2.72 bits per heavy atom. The number of nitrogens with zero attached hydrogens (tertiary/aromatic N) is 3. The van der Waals surface area contributed by atoms with E-state index in [-0.39, 0.29) is 0 Å². The smallest absolute Gasteiger partial charge is 0.212 e. The summed E-state index contributed by atoms with van der Waals surface area (Å²) in [7, 11) is 3.53. The average Bonchev–Trinajstić information content (AvgIpc) is 2.68. The molecule has 0 aliphatic carbocycles. The zero-order valence-corrected chi connectivity index (χ0v) is 11.0. The van der Waals surface area contributed by atoms with E-state index in [4.69, 9.17) is 10.5 Å². The summed E-state index contributed by atoms with van der Waals surface area (Å²) >= 11 is 0. The second kappa shape index (κ2) is 5.08. The fourth-order valence-electron chi connectivity index (χ4n) is 1.86. The van der Waals surface area contributed by atoms with Crippen LogP contribution in [0.3, 0.4) is 0 Å². The van der Waals surface area contributed by atoms with Gasteiger partial charge in [0.15, 0.2) is 0 Å². The SMILES string of the molecule is CCCc1nc(-c2ccc(OC)nc2)c(N)n1C. The fourth-order valence-corrected chi connectivity index (χ4v) is 1.86. The Bertz CT molecular complexity index is 531. The third-order valence-electron chi connectivity index (χ3n) is 2.92. The number of hydrogen-bond donors (Lipinski definition) is 1. The van der Waals surface area contributed by atoms with Crippen LogP contribution in [0.25, 0.3) is 11.3 Å². The lowest BCUT2D eigenvalue weighted by molar-refractivity contribution is 0.398. The normalized spacial score (nSPS) is 10.6. The molecule has 2 N–H and O–H groups in total. The van der Waals surface area contributed by atoms with Crippen molar-refractivity contribution >= 4 is 5.82 Å². The van der Waals surface area contributed by atoms with Gasteiger partial charge in [-0.3, -0.25) is 0 Å². The fraction of sp³-hybridized carbons (Fsp3) is 0.385. The summed E-state index contributed by atoms with van der Waals surface area (Å²) < 4.78 is 6.97. The molecule has 2 aromatic rings. The van der Waals surface area contributed by atoms with E-state index in [1.54, 1.807) is 13.3 Å². The average molecular weight is 246 g/mol. The number of rotatable bonds is 4. The first-order valence-electron chi connectivity index (χ1n) is 5.98. The molecule has 5 heteroatoms. The predicted molar refractivity (Wildman–Crippen MR) is 71.4 cm³/mol. The Kier molecular flexibility index (Phi) is 3.50. The van der Waals surface area contributed by atoms with Gasteiger partial charge in [-0.1, -0.05) is 6.92 Å². The summed E-state index contributed by atoms with van der Waals surface area (Å²) in [5, 5.41) is 0. The first kappa shape index (κ1) is 12.4. The molecule has 5 nitrogen and oxygen atoms in total. The van der Waals surface area contributed by atoms with Gasteiger partial charge in [-0.15, -0.1) is 0 Å². The summed E-state index contributed by atoms with van der Waals surface area (Å²) in [6, 6.07) is 3.73. The minimum atomic E-state index is 0.585. The van der Waals surface area contributed by atoms with Gasteiger partial charge in [0.25, 0.3) is 0 Å². The molecule has 18 heavy (non-hydrogen) atoms. The maximum atomic E-state index is 6.08. The number of ether oxygens (including phenoxy) is 1. The van der Waals surface area contributed by atoms with Crippen molar-refractivity contribution in [2.75, 3.05) is 12.8 Å². The zero-order chi connectivity index (χ0) is 13.1. The minimum Gasteiger partial charge on any atom is -0.481 e. The molecule has 0 aliphatic heterocycles. The van der Waals surface area contributed by atoms with Crippen molar-refractivity contribution < 1.29 is 4.74 Å². The molecular weight excluding hydrogens is 228 g/mol. The van der Waals surface area contributed by atoms with Gasteiger partial charge < -0.3 is 15.0 Å². The molecule has 2 aromatic heterocycles. The molecule has 2 heterocycles. The molecule has 0 amide bonds. The summed E-state index contributed by atoms with van der Waals surface area (Å²) in [6.45, 7) is 2.12. The number of aromatic nitrogens is 3. The second-order valence-electron chi connectivity index (χ2n) is 4.16. The predicted octanol–water partition coefficient (Wildman–Crippen LogP) is 2.03. The Hall–Kier alpha value is -2.04. The van der Waals surface area contributed by atoms with Crippen molar-refractivity contribution in [1.82, 2.24) is 14.5 Å². The van der Waals surface area contributed by atoms with E-state index in [9.17, 15) is 0 Å². The minimum absolute atomic E-state index is 0.585. The maximum absolute atomic E-state index is 6.08. The molecular formula is C13H18N4O. The highest BCUT2D eigenvalue weighted by Crippen LogP contribution is 2.26. The highest BCUT2D eigenvalue weighted by atomic mass is 16.5. The van der Waals surface area contributed by atoms with Crippen LogP contribution >= 0.6 is 0 Å². The van der Waals surface area contributed by atoms with Crippen LogP contribution in [0.1, 0.15) is 19.2 Å². The van der Waals surface area contributed by atoms with Crippen LogP contribution in [0, 0.1) is 0 Å². The van der Waals surface area contributed by atoms with Gasteiger partial charge in [-0.25, -0.2) is 9.97 Å². The standard InChI is InChI=1S/C13H18N4O/c1-4-5-10-16-12(13(14)17(10)2)9-6-7-11(18-3)15-8-9/h6-8H,4-5,14H2,1-3H3. The molecule has 0 bridgehead atoms. The highest BCUT2D eigenvalue weighted by Gasteiger charge is 2.13. The molecule has 96 valence electrons. The van der Waals surface area contributed by atoms with Gasteiger partial charge in [0, 0.05) is 31.3 Å². The number of anilines is 1. The van der Waals surface area contributed by atoms with Crippen LogP contribution in [0.5, 0.6) is 5.88 Å². The Balaban J connectivity index is 2.40. The number of nitrogens with two attached hydrogens (primary N) is 1. The van der Waals surface area contributed by atoms with Crippen LogP contribution in [-0.4, -0.2) is 21.6 Å². The molecule has 0 spiro atoms. The Morgan fingerprint density at radius 1 is 1.39 bits per heavy atom. The highest BCUT2D eigenvalue weighted by molar-refractivity contribution is 5.70. The van der Waals surface area contributed by atoms with Crippen LogP contribution in [0.15, 0.2) is 18.3 Å². The molecule has 0 fully saturated rings. The number of pyridine rings is 1. The van der Waals surface area contributed by atoms with E-state index in [1.165, 1.54) is 0 Å². The van der Waals surface area contributed by atoms with Gasteiger partial charge in [0.1, 0.15) is 17.3 Å². The molecule has 0 saturated carbocycles. The number of nitrogen functional groups attached to an aromatic ring is 1. The van der Waals surface area contributed by atoms with E-state index in [1.807, 2.05) is 23.7 Å². The van der Waals surface area contributed by atoms with Crippen LogP contribution in [0.4, 0.5) is 5.82 Å². The van der Waals surface area contributed by atoms with E-state index in [0.29, 0.717) is 11.7 Å². The topological polar surface area (TPSA) is 66.0 Å². The molecule has 2 rings (SSSR count). The monoisotopic (exact) mass is 246 g/mol. The molecule has 0 saturated heterocycles. The van der Waals surface area contributed by atoms with Gasteiger partial charge in [0.05, 0.1) is 7.11 Å². The molecule has 0 radical (unpaired) electrons. The molecule has 0 atom stereocenters. The second-order valence-corrected chi connectivity index (χ2v) is 4.16. The summed E-state index contributed by atoms with van der Waals surface area (Å²) in [6.07, 6.45) is 3.70. The number of aryl methyl sites for hydroxylation is 1. The quantitative estimate of drug-likeness (QED) is 0.896. The Morgan fingerprint density at radius 2 is 2.17 bits per heavy atom. The first-order valence-corrected chi connectivity index (χ1v) is 5.98. The Labute approximate surface area is 107 Å². The van der Waals surface area contributed by atoms with Gasteiger partial charge in [-0.2, -0.15) is 0 Å². The van der Waals surface area contributed by atoms with Crippen molar-refractivity contribution in [1.29, 1.82) is 0 Å². The van der Waals surface area contributed by atoms with Crippen molar-refractivity contribution in [2.24, 2.45) is 7.05 Å². The lowest BCUT2D eigenvalue weighted by atomic mass is 10.2. The van der Waals surface area contributed by atoms with Crippen LogP contribution in [-0.2, 0) is 13.5 Å². The van der Waals surface area contributed by atoms with E-state index in [0.717, 1.165) is 29.9 Å².